The van der Waals surface area contributed by atoms with Crippen LogP contribution >= 0.6 is 0 Å². The molecule has 1 aliphatic heterocycles. The molecule has 2 N–H and O–H groups in total. The number of carbonyl (C=O) groups excluding carboxylic acids is 1. The van der Waals surface area contributed by atoms with E-state index in [4.69, 9.17) is 9.94 Å². The zero-order chi connectivity index (χ0) is 18.0. The quantitative estimate of drug-likeness (QED) is 0.802. The van der Waals surface area contributed by atoms with Crippen LogP contribution in [0.4, 0.5) is 18.0 Å². The molecule has 132 valence electrons. The molecule has 6 nitrogen and oxygen atoms in total. The van der Waals surface area contributed by atoms with Crippen molar-refractivity contribution < 1.29 is 32.7 Å². The second kappa shape index (κ2) is 6.68. The first kappa shape index (κ1) is 18.1. The van der Waals surface area contributed by atoms with Crippen molar-refractivity contribution in [1.82, 2.24) is 10.4 Å². The molecule has 0 atom stereocenters. The Morgan fingerprint density at radius 2 is 1.88 bits per heavy atom. The minimum Gasteiger partial charge on any atom is -0.465 e. The molecule has 1 aliphatic rings. The third-order valence-electron chi connectivity index (χ3n) is 4.09. The normalized spacial score (nSPS) is 16.4. The standard InChI is InChI=1S/C15H17F3N2O4/c1-2-14(8-20(9-14)13(22)23)12(21)24-19-7-10-3-5-11(6-4-10)15(16,17)18/h3-6,19H,2,7-9H2,1H3,(H,22,23). The smallest absolute Gasteiger partial charge is 0.416 e. The number of hydrogen-bond acceptors (Lipinski definition) is 4. The number of hydroxylamine groups is 1. The monoisotopic (exact) mass is 346 g/mol. The summed E-state index contributed by atoms with van der Waals surface area (Å²) in [6, 6.07) is 4.47. The van der Waals surface area contributed by atoms with Crippen LogP contribution in [0.5, 0.6) is 0 Å². The van der Waals surface area contributed by atoms with Gasteiger partial charge in [0, 0.05) is 13.1 Å². The molecule has 0 spiro atoms. The van der Waals surface area contributed by atoms with Crippen molar-refractivity contribution in [3.8, 4) is 0 Å². The van der Waals surface area contributed by atoms with Gasteiger partial charge in [-0.3, -0.25) is 0 Å². The summed E-state index contributed by atoms with van der Waals surface area (Å²) in [5, 5.41) is 8.83. The lowest BCUT2D eigenvalue weighted by molar-refractivity contribution is -0.174. The molecule has 1 fully saturated rings. The van der Waals surface area contributed by atoms with Crippen molar-refractivity contribution in [3.05, 3.63) is 35.4 Å². The summed E-state index contributed by atoms with van der Waals surface area (Å²) in [4.78, 5) is 28.9. The fraction of sp³-hybridized carbons (Fsp3) is 0.467. The molecule has 1 amide bonds. The number of benzene rings is 1. The molecule has 9 heteroatoms. The maximum absolute atomic E-state index is 12.5. The summed E-state index contributed by atoms with van der Waals surface area (Å²) in [7, 11) is 0. The van der Waals surface area contributed by atoms with E-state index in [0.717, 1.165) is 17.0 Å². The Kier molecular flexibility index (Phi) is 5.02. The van der Waals surface area contributed by atoms with E-state index in [0.29, 0.717) is 12.0 Å². The number of halogens is 3. The average Bonchev–Trinajstić information content (AvgIpc) is 2.46. The maximum Gasteiger partial charge on any atom is 0.416 e. The van der Waals surface area contributed by atoms with Gasteiger partial charge in [0.05, 0.1) is 12.1 Å². The van der Waals surface area contributed by atoms with Gasteiger partial charge in [-0.05, 0) is 24.1 Å². The number of carboxylic acid groups (broad SMARTS) is 1. The van der Waals surface area contributed by atoms with E-state index < -0.39 is 29.2 Å². The number of carbonyl (C=O) groups is 2. The molecule has 24 heavy (non-hydrogen) atoms. The molecule has 1 aromatic carbocycles. The van der Waals surface area contributed by atoms with Crippen LogP contribution in [0.15, 0.2) is 24.3 Å². The van der Waals surface area contributed by atoms with Gasteiger partial charge >= 0.3 is 18.2 Å². The summed E-state index contributed by atoms with van der Waals surface area (Å²) in [5.41, 5.74) is 1.31. The number of alkyl halides is 3. The van der Waals surface area contributed by atoms with Gasteiger partial charge < -0.3 is 14.8 Å². The Morgan fingerprint density at radius 3 is 2.33 bits per heavy atom. The van der Waals surface area contributed by atoms with Gasteiger partial charge in [-0.2, -0.15) is 13.2 Å². The highest BCUT2D eigenvalue weighted by Gasteiger charge is 2.51. The summed E-state index contributed by atoms with van der Waals surface area (Å²) in [6.07, 6.45) is -5.06. The highest BCUT2D eigenvalue weighted by atomic mass is 19.4. The van der Waals surface area contributed by atoms with Crippen molar-refractivity contribution in [2.24, 2.45) is 5.41 Å². The second-order valence-corrected chi connectivity index (χ2v) is 5.68. The van der Waals surface area contributed by atoms with Crippen molar-refractivity contribution >= 4 is 12.1 Å². The maximum atomic E-state index is 12.5. The van der Waals surface area contributed by atoms with E-state index in [1.54, 1.807) is 6.92 Å². The van der Waals surface area contributed by atoms with E-state index in [2.05, 4.69) is 5.48 Å². The third kappa shape index (κ3) is 3.78. The molecule has 0 aromatic heterocycles. The molecule has 0 radical (unpaired) electrons. The Morgan fingerprint density at radius 1 is 1.29 bits per heavy atom. The Labute approximate surface area is 136 Å². The van der Waals surface area contributed by atoms with Crippen LogP contribution in [0.1, 0.15) is 24.5 Å². The zero-order valence-corrected chi connectivity index (χ0v) is 12.9. The lowest BCUT2D eigenvalue weighted by Crippen LogP contribution is -2.62. The molecule has 0 bridgehead atoms. The van der Waals surface area contributed by atoms with Gasteiger partial charge in [0.2, 0.25) is 0 Å². The van der Waals surface area contributed by atoms with Gasteiger partial charge in [0.1, 0.15) is 5.41 Å². The Balaban J connectivity index is 1.83. The van der Waals surface area contributed by atoms with E-state index in [-0.39, 0.29) is 19.6 Å². The largest absolute Gasteiger partial charge is 0.465 e. The minimum atomic E-state index is -4.40. The van der Waals surface area contributed by atoms with Crippen molar-refractivity contribution in [2.45, 2.75) is 26.1 Å². The fourth-order valence-electron chi connectivity index (χ4n) is 2.42. The summed E-state index contributed by atoms with van der Waals surface area (Å²) in [6.45, 7) is 1.95. The van der Waals surface area contributed by atoms with Crippen molar-refractivity contribution in [2.75, 3.05) is 13.1 Å². The van der Waals surface area contributed by atoms with Crippen LogP contribution in [0.3, 0.4) is 0 Å². The second-order valence-electron chi connectivity index (χ2n) is 5.68. The van der Waals surface area contributed by atoms with E-state index in [9.17, 15) is 22.8 Å². The first-order chi connectivity index (χ1) is 11.2. The van der Waals surface area contributed by atoms with E-state index >= 15 is 0 Å². The summed E-state index contributed by atoms with van der Waals surface area (Å²) in [5.74, 6) is -0.575. The fourth-order valence-corrected chi connectivity index (χ4v) is 2.42. The van der Waals surface area contributed by atoms with Crippen molar-refractivity contribution in [1.29, 1.82) is 0 Å². The number of hydrogen-bond donors (Lipinski definition) is 2. The molecular weight excluding hydrogens is 329 g/mol. The first-order valence-corrected chi connectivity index (χ1v) is 7.26. The third-order valence-corrected chi connectivity index (χ3v) is 4.09. The highest BCUT2D eigenvalue weighted by molar-refractivity contribution is 5.81. The molecule has 0 unspecified atom stereocenters. The van der Waals surface area contributed by atoms with Gasteiger partial charge in [-0.1, -0.05) is 19.1 Å². The van der Waals surface area contributed by atoms with Crippen LogP contribution < -0.4 is 5.48 Å². The molecule has 2 rings (SSSR count). The molecule has 0 saturated carbocycles. The van der Waals surface area contributed by atoms with Gasteiger partial charge in [-0.25, -0.2) is 9.59 Å². The highest BCUT2D eigenvalue weighted by Crippen LogP contribution is 2.35. The lowest BCUT2D eigenvalue weighted by atomic mass is 9.78. The number of nitrogens with one attached hydrogen (secondary N) is 1. The predicted molar refractivity (Wildman–Crippen MR) is 76.7 cm³/mol. The number of rotatable bonds is 5. The number of nitrogens with zero attached hydrogens (tertiary/aromatic N) is 1. The molecular formula is C15H17F3N2O4. The molecule has 1 saturated heterocycles. The molecule has 0 aliphatic carbocycles. The first-order valence-electron chi connectivity index (χ1n) is 7.26. The van der Waals surface area contributed by atoms with Crippen molar-refractivity contribution in [3.63, 3.8) is 0 Å². The summed E-state index contributed by atoms with van der Waals surface area (Å²) < 4.78 is 37.4. The Hall–Kier alpha value is -2.29. The van der Waals surface area contributed by atoms with E-state index in [1.165, 1.54) is 12.1 Å². The van der Waals surface area contributed by atoms with Gasteiger partial charge in [0.25, 0.3) is 0 Å². The van der Waals surface area contributed by atoms with Crippen LogP contribution in [0.2, 0.25) is 0 Å². The van der Waals surface area contributed by atoms with E-state index in [1.807, 2.05) is 0 Å². The predicted octanol–water partition coefficient (Wildman–Crippen LogP) is 2.64. The van der Waals surface area contributed by atoms with Gasteiger partial charge in [0.15, 0.2) is 0 Å². The average molecular weight is 346 g/mol. The summed E-state index contributed by atoms with van der Waals surface area (Å²) >= 11 is 0. The van der Waals surface area contributed by atoms with Crippen LogP contribution in [0, 0.1) is 5.41 Å². The Bertz CT molecular complexity index is 610. The number of amides is 1. The topological polar surface area (TPSA) is 78.9 Å². The zero-order valence-electron chi connectivity index (χ0n) is 12.9. The molecule has 1 heterocycles. The minimum absolute atomic E-state index is 0.0479. The number of likely N-dealkylation sites (tertiary alicyclic amines) is 1. The molecule has 1 aromatic rings. The lowest BCUT2D eigenvalue weighted by Gasteiger charge is -2.45. The SMILES string of the molecule is CCC1(C(=O)ONCc2ccc(C(F)(F)F)cc2)CN(C(=O)O)C1. The van der Waals surface area contributed by atoms with Crippen LogP contribution in [0.25, 0.3) is 0 Å². The van der Waals surface area contributed by atoms with Crippen LogP contribution in [-0.2, 0) is 22.4 Å². The van der Waals surface area contributed by atoms with Crippen LogP contribution in [-0.4, -0.2) is 35.2 Å². The van der Waals surface area contributed by atoms with Gasteiger partial charge in [-0.15, -0.1) is 5.48 Å².